The molecule has 0 rings (SSSR count). The van der Waals surface area contributed by atoms with Crippen LogP contribution in [0.3, 0.4) is 0 Å². The third-order valence-electron chi connectivity index (χ3n) is 1.07. The minimum absolute atomic E-state index is 0.0240. The van der Waals surface area contributed by atoms with Crippen molar-refractivity contribution in [1.29, 1.82) is 0 Å². The highest BCUT2D eigenvalue weighted by atomic mass is 32.2. The minimum Gasteiger partial charge on any atom is -0.748 e. The number of alkyl halides is 2. The van der Waals surface area contributed by atoms with Gasteiger partial charge in [0, 0.05) is 12.2 Å². The second kappa shape index (κ2) is 4.61. The summed E-state index contributed by atoms with van der Waals surface area (Å²) >= 11 is 0. The molecule has 0 heterocycles. The zero-order valence-electron chi connectivity index (χ0n) is 5.79. The lowest BCUT2D eigenvalue weighted by molar-refractivity contribution is 0.134. The Kier molecular flexibility index (Phi) is 4.51. The molecule has 0 aromatic rings. The molecule has 0 spiro atoms. The van der Waals surface area contributed by atoms with Crippen LogP contribution in [0.1, 0.15) is 19.3 Å². The molecule has 68 valence electrons. The molecule has 0 fully saturated rings. The van der Waals surface area contributed by atoms with Crippen LogP contribution >= 0.6 is 0 Å². The lowest BCUT2D eigenvalue weighted by Crippen LogP contribution is -2.04. The molecule has 0 aromatic carbocycles. The molecular weight excluding hydrogens is 178 g/mol. The van der Waals surface area contributed by atoms with E-state index in [9.17, 15) is 21.8 Å². The molecular formula is C5H9F2O3S-. The van der Waals surface area contributed by atoms with E-state index in [1.807, 2.05) is 0 Å². The van der Waals surface area contributed by atoms with Gasteiger partial charge in [-0.3, -0.25) is 0 Å². The molecule has 0 aliphatic rings. The molecule has 3 nitrogen and oxygen atoms in total. The molecule has 6 heteroatoms. The van der Waals surface area contributed by atoms with Crippen molar-refractivity contribution in [2.24, 2.45) is 0 Å². The van der Waals surface area contributed by atoms with Crippen molar-refractivity contribution >= 4 is 10.1 Å². The third kappa shape index (κ3) is 9.77. The molecule has 0 saturated heterocycles. The molecule has 0 aliphatic heterocycles. The molecule has 0 radical (unpaired) electrons. The van der Waals surface area contributed by atoms with Gasteiger partial charge in [-0.15, -0.1) is 0 Å². The van der Waals surface area contributed by atoms with Crippen LogP contribution in [0.5, 0.6) is 0 Å². The summed E-state index contributed by atoms with van der Waals surface area (Å²) in [5, 5.41) is 0. The van der Waals surface area contributed by atoms with Gasteiger partial charge in [0.1, 0.15) is 0 Å². The fourth-order valence-corrected chi connectivity index (χ4v) is 1.14. The Morgan fingerprint density at radius 3 is 2.18 bits per heavy atom. The average Bonchev–Trinajstić information content (AvgIpc) is 1.78. The number of rotatable bonds is 5. The highest BCUT2D eigenvalue weighted by molar-refractivity contribution is 7.85. The van der Waals surface area contributed by atoms with Crippen molar-refractivity contribution in [3.63, 3.8) is 0 Å². The smallest absolute Gasteiger partial charge is 0.238 e. The summed E-state index contributed by atoms with van der Waals surface area (Å²) in [5.74, 6) is -0.542. The van der Waals surface area contributed by atoms with Gasteiger partial charge in [0.2, 0.25) is 6.43 Å². The largest absolute Gasteiger partial charge is 0.748 e. The molecule has 0 amide bonds. The van der Waals surface area contributed by atoms with E-state index < -0.39 is 22.3 Å². The SMILES string of the molecule is O=S(=O)([O-])CCCCC(F)F. The van der Waals surface area contributed by atoms with E-state index in [1.54, 1.807) is 0 Å². The molecule has 0 aromatic heterocycles. The van der Waals surface area contributed by atoms with Gasteiger partial charge in [-0.1, -0.05) is 0 Å². The van der Waals surface area contributed by atoms with Gasteiger partial charge in [0.05, 0.1) is 10.1 Å². The van der Waals surface area contributed by atoms with E-state index in [1.165, 1.54) is 0 Å². The normalized spacial score (nSPS) is 12.4. The van der Waals surface area contributed by atoms with Gasteiger partial charge in [-0.2, -0.15) is 0 Å². The molecule has 0 unspecified atom stereocenters. The molecule has 11 heavy (non-hydrogen) atoms. The van der Waals surface area contributed by atoms with Crippen LogP contribution in [0.4, 0.5) is 8.78 Å². The van der Waals surface area contributed by atoms with Crippen LogP contribution in [0, 0.1) is 0 Å². The lowest BCUT2D eigenvalue weighted by Gasteiger charge is -2.05. The van der Waals surface area contributed by atoms with Gasteiger partial charge in [0.25, 0.3) is 0 Å². The topological polar surface area (TPSA) is 57.2 Å². The number of hydrogen-bond donors (Lipinski definition) is 0. The summed E-state index contributed by atoms with van der Waals surface area (Å²) < 4.78 is 52.7. The van der Waals surface area contributed by atoms with Gasteiger partial charge in [-0.25, -0.2) is 17.2 Å². The van der Waals surface area contributed by atoms with E-state index in [2.05, 4.69) is 0 Å². The van der Waals surface area contributed by atoms with Crippen LogP contribution in [0.15, 0.2) is 0 Å². The molecule has 0 aliphatic carbocycles. The lowest BCUT2D eigenvalue weighted by atomic mass is 10.3. The first-order chi connectivity index (χ1) is 4.92. The Labute approximate surface area is 64.2 Å². The first kappa shape index (κ1) is 10.8. The van der Waals surface area contributed by atoms with E-state index in [-0.39, 0.29) is 19.3 Å². The van der Waals surface area contributed by atoms with Gasteiger partial charge < -0.3 is 4.55 Å². The van der Waals surface area contributed by atoms with Crippen molar-refractivity contribution in [2.75, 3.05) is 5.75 Å². The van der Waals surface area contributed by atoms with Crippen LogP contribution in [0.2, 0.25) is 0 Å². The highest BCUT2D eigenvalue weighted by Crippen LogP contribution is 2.05. The summed E-state index contributed by atoms with van der Waals surface area (Å²) in [6.07, 6.45) is -2.64. The minimum atomic E-state index is -4.22. The summed E-state index contributed by atoms with van der Waals surface area (Å²) in [4.78, 5) is 0. The highest BCUT2D eigenvalue weighted by Gasteiger charge is 2.02. The maximum absolute atomic E-state index is 11.4. The summed E-state index contributed by atoms with van der Waals surface area (Å²) in [6.45, 7) is 0. The Bertz CT molecular complexity index is 188. The van der Waals surface area contributed by atoms with Crippen molar-refractivity contribution in [1.82, 2.24) is 0 Å². The standard InChI is InChI=1S/C5H10F2O3S/c6-5(7)3-1-2-4-11(8,9)10/h5H,1-4H2,(H,8,9,10)/p-1. The zero-order valence-corrected chi connectivity index (χ0v) is 6.61. The monoisotopic (exact) mass is 187 g/mol. The molecule has 0 saturated carbocycles. The molecule has 0 atom stereocenters. The Hall–Kier alpha value is -0.230. The van der Waals surface area contributed by atoms with Crippen LogP contribution in [-0.4, -0.2) is 25.1 Å². The van der Waals surface area contributed by atoms with E-state index in [0.29, 0.717) is 0 Å². The number of unbranched alkanes of at least 4 members (excludes halogenated alkanes) is 1. The Morgan fingerprint density at radius 2 is 1.82 bits per heavy atom. The van der Waals surface area contributed by atoms with E-state index >= 15 is 0 Å². The number of hydrogen-bond acceptors (Lipinski definition) is 3. The van der Waals surface area contributed by atoms with Crippen LogP contribution in [0.25, 0.3) is 0 Å². The average molecular weight is 187 g/mol. The van der Waals surface area contributed by atoms with Crippen molar-refractivity contribution in [3.8, 4) is 0 Å². The zero-order chi connectivity index (χ0) is 8.91. The van der Waals surface area contributed by atoms with E-state index in [4.69, 9.17) is 0 Å². The first-order valence-electron chi connectivity index (χ1n) is 3.13. The molecule has 0 bridgehead atoms. The fraction of sp³-hybridized carbons (Fsp3) is 1.00. The quantitative estimate of drug-likeness (QED) is 0.476. The third-order valence-corrected chi connectivity index (χ3v) is 1.86. The Balaban J connectivity index is 3.30. The van der Waals surface area contributed by atoms with Gasteiger partial charge >= 0.3 is 0 Å². The van der Waals surface area contributed by atoms with Gasteiger partial charge in [-0.05, 0) is 12.8 Å². The van der Waals surface area contributed by atoms with Gasteiger partial charge in [0.15, 0.2) is 0 Å². The first-order valence-corrected chi connectivity index (χ1v) is 4.71. The molecule has 0 N–H and O–H groups in total. The summed E-state index contributed by atoms with van der Waals surface area (Å²) in [6, 6.07) is 0. The van der Waals surface area contributed by atoms with Crippen molar-refractivity contribution < 1.29 is 21.8 Å². The van der Waals surface area contributed by atoms with Crippen molar-refractivity contribution in [3.05, 3.63) is 0 Å². The number of halogens is 2. The second-order valence-corrected chi connectivity index (χ2v) is 3.67. The summed E-state index contributed by atoms with van der Waals surface area (Å²) in [5.41, 5.74) is 0. The Morgan fingerprint density at radius 1 is 1.27 bits per heavy atom. The fourth-order valence-electron chi connectivity index (χ4n) is 0.577. The van der Waals surface area contributed by atoms with Crippen LogP contribution in [-0.2, 0) is 10.1 Å². The summed E-state index contributed by atoms with van der Waals surface area (Å²) in [7, 11) is -4.22. The second-order valence-electron chi connectivity index (χ2n) is 2.15. The van der Waals surface area contributed by atoms with Crippen LogP contribution < -0.4 is 0 Å². The maximum atomic E-state index is 11.4. The van der Waals surface area contributed by atoms with Crippen molar-refractivity contribution in [2.45, 2.75) is 25.7 Å². The van der Waals surface area contributed by atoms with E-state index in [0.717, 1.165) is 0 Å². The predicted molar refractivity (Wildman–Crippen MR) is 34.4 cm³/mol. The maximum Gasteiger partial charge on any atom is 0.238 e. The predicted octanol–water partition coefficient (Wildman–Crippen LogP) is 0.967.